The average molecular weight is 1610 g/mol. The number of nitrogens with zero attached hydrogens (tertiary/aromatic N) is 4. The van der Waals surface area contributed by atoms with Gasteiger partial charge < -0.3 is 44.9 Å². The summed E-state index contributed by atoms with van der Waals surface area (Å²) < 4.78 is 242. The molecule has 2 amide bonds. The number of halogens is 16. The molecular formula is C76H95F16LiN6O9S2. The zero-order valence-electron chi connectivity index (χ0n) is 64.0. The Labute approximate surface area is 654 Å². The number of carboxylic acids is 1. The van der Waals surface area contributed by atoms with Gasteiger partial charge in [-0.3, -0.25) is 28.8 Å². The van der Waals surface area contributed by atoms with Crippen LogP contribution in [0.1, 0.15) is 190 Å². The Hall–Kier alpha value is -7.28. The third-order valence-electron chi connectivity index (χ3n) is 18.1. The second-order valence-corrected chi connectivity index (χ2v) is 27.1. The third-order valence-corrected chi connectivity index (χ3v) is 18.1. The maximum absolute atomic E-state index is 16.7. The van der Waals surface area contributed by atoms with Crippen molar-refractivity contribution in [3.05, 3.63) is 183 Å². The molecule has 0 fully saturated rings. The quantitative estimate of drug-likeness (QED) is 0.0229. The maximum Gasteiger partial charge on any atom is 1.00 e. The molecule has 0 spiro atoms. The van der Waals surface area contributed by atoms with Crippen molar-refractivity contribution >= 4 is 50.7 Å². The van der Waals surface area contributed by atoms with Crippen molar-refractivity contribution in [3.63, 3.8) is 0 Å². The average Bonchev–Trinajstić information content (AvgIpc) is 0.757. The number of hydrogen-bond donors (Lipinski definition) is 3. The van der Waals surface area contributed by atoms with E-state index in [-0.39, 0.29) is 119 Å². The number of aromatic nitrogens is 2. The van der Waals surface area contributed by atoms with Crippen LogP contribution in [0.3, 0.4) is 0 Å². The Bertz CT molecular complexity index is 4240. The zero-order chi connectivity index (χ0) is 80.3. The van der Waals surface area contributed by atoms with E-state index in [0.717, 1.165) is 27.1 Å². The molecule has 0 radical (unpaired) electrons. The van der Waals surface area contributed by atoms with E-state index in [1.165, 1.54) is 34.6 Å². The Morgan fingerprint density at radius 3 is 1.05 bits per heavy atom. The fourth-order valence-corrected chi connectivity index (χ4v) is 13.3. The van der Waals surface area contributed by atoms with Crippen molar-refractivity contribution in [2.45, 2.75) is 191 Å². The van der Waals surface area contributed by atoms with Gasteiger partial charge in [0.2, 0.25) is 11.8 Å². The number of alkyl halides is 12. The molecular weight excluding hydrogens is 1520 g/mol. The first-order valence-corrected chi connectivity index (χ1v) is 34.5. The van der Waals surface area contributed by atoms with E-state index in [9.17, 15) is 86.6 Å². The fraction of sp³-hybridized carbons (Fsp3) is 0.500. The number of aryl methyl sites for hydroxylation is 6. The van der Waals surface area contributed by atoms with Gasteiger partial charge in [0.15, 0.2) is 0 Å². The van der Waals surface area contributed by atoms with Gasteiger partial charge in [0.05, 0.1) is 53.8 Å². The predicted molar refractivity (Wildman–Crippen MR) is 391 cm³/mol. The van der Waals surface area contributed by atoms with Gasteiger partial charge in [0.25, 0.3) is 11.1 Å². The normalized spacial score (nSPS) is 12.9. The number of esters is 1. The molecule has 34 heteroatoms. The molecule has 2 unspecified atom stereocenters. The Kier molecular flexibility index (Phi) is 38.5. The summed E-state index contributed by atoms with van der Waals surface area (Å²) in [6.07, 6.45) is -21.8. The molecule has 0 bridgehead atoms. The summed E-state index contributed by atoms with van der Waals surface area (Å²) >= 11 is 0. The van der Waals surface area contributed by atoms with Crippen molar-refractivity contribution in [3.8, 4) is 22.3 Å². The number of hydrogen-bond acceptors (Lipinski definition) is 10. The summed E-state index contributed by atoms with van der Waals surface area (Å²) in [6.45, 7) is 27.0. The summed E-state index contributed by atoms with van der Waals surface area (Å²) in [5.74, 6) is -13.3. The van der Waals surface area contributed by atoms with Crippen molar-refractivity contribution in [1.29, 1.82) is 0 Å². The molecule has 6 rings (SSSR count). The van der Waals surface area contributed by atoms with Crippen LogP contribution in [0.5, 0.6) is 0 Å². The van der Waals surface area contributed by atoms with E-state index in [1.807, 2.05) is 37.5 Å². The standard InChI is InChI=1S/C39H47F8N3O4.C37H43F8N3O4.Li.H2O.2H2S/c1-9-49(10-2)13-12-25-20-50(31(51)18-27(25)38(42,43)44)30(14-21(4)5)37(53)48-29(19-32(52)54-11-3)34-35(40)26(17-28(36(34)41)39(45,46)47)33-23(7)15-22(6)16-24(33)8;1-8-47(9-2)11-10-23-18-48(29(49)16-25(23)36(40,41)42)28(12-19(3)4)35(52)46-27(17-30(50)51)32-33(38)24(15-26(34(32)39)37(43,44)45)31-21(6)13-20(5)14-22(31)7;;;;/h15-18,20-21,29-30H,9-14,19H2,1-8H3,(H,48,53);13-16,18-19,27-28H,8-12,17H2,1-7H3,(H,46,52)(H,50,51);;3*1H2/q;;+1;;;/p-1/t29-,30?;27-,28?;;;;/m00..../s1. The Balaban J connectivity index is 0.00000106. The van der Waals surface area contributed by atoms with Crippen LogP contribution in [0.25, 0.3) is 22.3 Å². The smallest absolute Gasteiger partial charge is 0.870 e. The number of nitrogens with one attached hydrogen (secondary N) is 2. The number of rotatable bonds is 29. The van der Waals surface area contributed by atoms with Crippen LogP contribution < -0.4 is 40.6 Å². The first-order valence-electron chi connectivity index (χ1n) is 34.5. The van der Waals surface area contributed by atoms with Crippen molar-refractivity contribution in [2.24, 2.45) is 11.8 Å². The van der Waals surface area contributed by atoms with E-state index in [4.69, 9.17) is 4.74 Å². The molecule has 2 heterocycles. The van der Waals surface area contributed by atoms with Crippen LogP contribution in [0, 0.1) is 76.6 Å². The number of carboxylic acid groups (broad SMARTS) is 1. The van der Waals surface area contributed by atoms with Gasteiger partial charge in [-0.05, 0) is 169 Å². The van der Waals surface area contributed by atoms with Crippen molar-refractivity contribution < 1.29 is 124 Å². The van der Waals surface area contributed by atoms with Gasteiger partial charge in [-0.25, -0.2) is 17.6 Å². The maximum atomic E-state index is 16.7. The zero-order valence-corrected chi connectivity index (χ0v) is 66.0. The molecule has 0 aliphatic carbocycles. The van der Waals surface area contributed by atoms with E-state index < -0.39 is 176 Å². The number of pyridine rings is 2. The number of aliphatic carboxylic acids is 1. The van der Waals surface area contributed by atoms with Crippen LogP contribution >= 0.6 is 27.0 Å². The second-order valence-electron chi connectivity index (χ2n) is 27.1. The van der Waals surface area contributed by atoms with E-state index >= 15 is 17.6 Å². The summed E-state index contributed by atoms with van der Waals surface area (Å²) in [7, 11) is 0. The molecule has 2 aromatic heterocycles. The first kappa shape index (κ1) is 101. The number of likely N-dealkylation sites (N-methyl/N-ethyl adjacent to an activating group) is 2. The minimum atomic E-state index is -5.37. The number of amides is 2. The van der Waals surface area contributed by atoms with Crippen LogP contribution in [-0.4, -0.2) is 99.1 Å². The molecule has 6 aromatic rings. The molecule has 0 saturated heterocycles. The molecule has 608 valence electrons. The fourth-order valence-electron chi connectivity index (χ4n) is 13.3. The van der Waals surface area contributed by atoms with Crippen LogP contribution in [0.15, 0.2) is 70.5 Å². The summed E-state index contributed by atoms with van der Waals surface area (Å²) in [4.78, 5) is 83.3. The molecule has 15 nitrogen and oxygen atoms in total. The van der Waals surface area contributed by atoms with Crippen LogP contribution in [0.2, 0.25) is 0 Å². The topological polar surface area (TPSA) is 202 Å². The summed E-state index contributed by atoms with van der Waals surface area (Å²) in [5.41, 5.74) is -10.3. The van der Waals surface area contributed by atoms with Gasteiger partial charge >= 0.3 is 55.5 Å². The molecule has 4 N–H and O–H groups in total. The number of carbonyl (C=O) groups is 4. The van der Waals surface area contributed by atoms with Crippen molar-refractivity contribution in [2.75, 3.05) is 45.9 Å². The Morgan fingerprint density at radius 1 is 0.482 bits per heavy atom. The van der Waals surface area contributed by atoms with Gasteiger partial charge in [-0.1, -0.05) is 90.8 Å². The van der Waals surface area contributed by atoms with Gasteiger partial charge in [0, 0.05) is 59.9 Å². The second kappa shape index (κ2) is 42.0. The molecule has 4 atom stereocenters. The SMILES string of the molecule is CCN(CC)CCc1cn(C(CC(C)C)C(=O)N[C@@H](CC(=O)O)c2c(F)c(-c3c(C)cc(C)cc3C)cc(C(F)(F)F)c2F)c(=O)cc1C(F)(F)F.CCOC(=O)C[C@H](NC(=O)C(CC(C)C)n1cc(CCN(CC)CC)c(C(F)(F)F)cc1=O)c1c(F)c(-c2c(C)cc(C)cc2C)cc(C(F)(F)F)c1F.S.S.[Li+].[OH-]. The minimum absolute atomic E-state index is 0. The van der Waals surface area contributed by atoms with Crippen LogP contribution in [0.4, 0.5) is 70.2 Å². The predicted octanol–water partition coefficient (Wildman–Crippen LogP) is 14.7. The molecule has 0 aliphatic heterocycles. The minimum Gasteiger partial charge on any atom is -0.870 e. The van der Waals surface area contributed by atoms with E-state index in [2.05, 4.69) is 10.6 Å². The molecule has 110 heavy (non-hydrogen) atoms. The Morgan fingerprint density at radius 2 is 0.782 bits per heavy atom. The number of benzene rings is 4. The molecule has 0 aliphatic rings. The number of carbonyl (C=O) groups excluding carboxylic acids is 3. The van der Waals surface area contributed by atoms with Gasteiger partial charge in [-0.2, -0.15) is 79.7 Å². The summed E-state index contributed by atoms with van der Waals surface area (Å²) in [6, 6.07) is 0.112. The monoisotopic (exact) mass is 1610 g/mol. The third kappa shape index (κ3) is 25.6. The number of ether oxygens (including phenoxy) is 1. The molecule has 0 saturated carbocycles. The molecule has 4 aromatic carbocycles. The van der Waals surface area contributed by atoms with E-state index in [0.29, 0.717) is 78.3 Å². The van der Waals surface area contributed by atoms with Crippen LogP contribution in [-0.2, 0) is 61.5 Å². The first-order chi connectivity index (χ1) is 49.1. The van der Waals surface area contributed by atoms with Gasteiger partial charge in [-0.15, -0.1) is 0 Å². The van der Waals surface area contributed by atoms with Gasteiger partial charge in [0.1, 0.15) is 35.4 Å². The summed E-state index contributed by atoms with van der Waals surface area (Å²) in [5, 5.41) is 14.2. The van der Waals surface area contributed by atoms with E-state index in [1.54, 1.807) is 65.8 Å². The van der Waals surface area contributed by atoms with Crippen molar-refractivity contribution in [1.82, 2.24) is 29.6 Å². The largest absolute Gasteiger partial charge is 1.00 e.